The quantitative estimate of drug-likeness (QED) is 0.612. The molecule has 0 spiro atoms. The van der Waals surface area contributed by atoms with E-state index < -0.39 is 0 Å². The van der Waals surface area contributed by atoms with Gasteiger partial charge in [0.05, 0.1) is 7.11 Å². The lowest BCUT2D eigenvalue weighted by Gasteiger charge is -2.18. The van der Waals surface area contributed by atoms with Crippen molar-refractivity contribution in [3.63, 3.8) is 0 Å². The van der Waals surface area contributed by atoms with Crippen molar-refractivity contribution in [2.45, 2.75) is 46.6 Å². The minimum Gasteiger partial charge on any atom is -0.469 e. The summed E-state index contributed by atoms with van der Waals surface area (Å²) in [4.78, 5) is 20.2. The molecule has 0 saturated heterocycles. The molecule has 0 aliphatic rings. The number of rotatable bonds is 1. The molecule has 4 heteroatoms. The normalized spacial score (nSPS) is 9.57. The molecule has 0 aromatic rings. The Hall–Kier alpha value is -1.06. The van der Waals surface area contributed by atoms with Crippen LogP contribution < -0.4 is 0 Å². The molecule has 0 aliphatic heterocycles. The maximum absolute atomic E-state index is 10.6. The van der Waals surface area contributed by atoms with Crippen molar-refractivity contribution >= 4 is 11.9 Å². The van der Waals surface area contributed by atoms with Crippen molar-refractivity contribution in [1.29, 1.82) is 0 Å². The van der Waals surface area contributed by atoms with Crippen molar-refractivity contribution in [2.24, 2.45) is 0 Å². The number of carbonyl (C=O) groups excluding carboxylic acids is 2. The Bertz CT molecular complexity index is 179. The molecule has 0 aliphatic carbocycles. The third-order valence-corrected chi connectivity index (χ3v) is 0.996. The van der Waals surface area contributed by atoms with Crippen LogP contribution in [0.25, 0.3) is 0 Å². The second-order valence-electron chi connectivity index (χ2n) is 3.64. The van der Waals surface area contributed by atoms with E-state index in [0.29, 0.717) is 6.42 Å². The van der Waals surface area contributed by atoms with E-state index in [4.69, 9.17) is 4.74 Å². The van der Waals surface area contributed by atoms with Gasteiger partial charge in [0.1, 0.15) is 5.60 Å². The summed E-state index contributed by atoms with van der Waals surface area (Å²) < 4.78 is 9.06. The number of ether oxygens (including phenoxy) is 2. The first kappa shape index (κ1) is 15.4. The molecule has 14 heavy (non-hydrogen) atoms. The summed E-state index contributed by atoms with van der Waals surface area (Å²) >= 11 is 0. The standard InChI is InChI=1S/C7H14O2.C3H6O2/c1-5-6(8)9-7(2,3)4;1-3(4)5-2/h5H2,1-4H3;1-2H3. The van der Waals surface area contributed by atoms with Gasteiger partial charge in [-0.15, -0.1) is 0 Å². The van der Waals surface area contributed by atoms with E-state index in [-0.39, 0.29) is 17.5 Å². The highest BCUT2D eigenvalue weighted by Crippen LogP contribution is 2.07. The summed E-state index contributed by atoms with van der Waals surface area (Å²) in [6.45, 7) is 8.73. The molecule has 0 N–H and O–H groups in total. The summed E-state index contributed by atoms with van der Waals surface area (Å²) in [5.74, 6) is -0.382. The monoisotopic (exact) mass is 204 g/mol. The number of hydrogen-bond acceptors (Lipinski definition) is 4. The zero-order valence-corrected chi connectivity index (χ0v) is 9.84. The van der Waals surface area contributed by atoms with Gasteiger partial charge in [0, 0.05) is 13.3 Å². The van der Waals surface area contributed by atoms with E-state index in [1.807, 2.05) is 20.8 Å². The fourth-order valence-corrected chi connectivity index (χ4v) is 0.414. The largest absolute Gasteiger partial charge is 0.469 e. The highest BCUT2D eigenvalue weighted by Gasteiger charge is 2.13. The van der Waals surface area contributed by atoms with Crippen molar-refractivity contribution in [3.05, 3.63) is 0 Å². The average molecular weight is 204 g/mol. The van der Waals surface area contributed by atoms with Crippen LogP contribution in [0.15, 0.2) is 0 Å². The Labute approximate surface area is 85.6 Å². The van der Waals surface area contributed by atoms with Crippen LogP contribution in [0.2, 0.25) is 0 Å². The summed E-state index contributed by atoms with van der Waals surface area (Å²) in [5.41, 5.74) is -0.326. The lowest BCUT2D eigenvalue weighted by atomic mass is 10.2. The number of methoxy groups -OCH3 is 1. The summed E-state index contributed by atoms with van der Waals surface area (Å²) in [6.07, 6.45) is 0.456. The van der Waals surface area contributed by atoms with Crippen LogP contribution in [0.1, 0.15) is 41.0 Å². The Kier molecular flexibility index (Phi) is 8.10. The van der Waals surface area contributed by atoms with Gasteiger partial charge in [-0.1, -0.05) is 6.92 Å². The molecule has 0 heterocycles. The van der Waals surface area contributed by atoms with E-state index in [2.05, 4.69) is 4.74 Å². The van der Waals surface area contributed by atoms with Crippen LogP contribution in [0.5, 0.6) is 0 Å². The highest BCUT2D eigenvalue weighted by atomic mass is 16.6. The van der Waals surface area contributed by atoms with Crippen LogP contribution in [0, 0.1) is 0 Å². The van der Waals surface area contributed by atoms with Crippen LogP contribution in [0.3, 0.4) is 0 Å². The molecule has 0 rings (SSSR count). The van der Waals surface area contributed by atoms with Gasteiger partial charge >= 0.3 is 11.9 Å². The van der Waals surface area contributed by atoms with E-state index in [9.17, 15) is 9.59 Å². The highest BCUT2D eigenvalue weighted by molar-refractivity contribution is 5.69. The van der Waals surface area contributed by atoms with Gasteiger partial charge in [-0.2, -0.15) is 0 Å². The topological polar surface area (TPSA) is 52.6 Å². The van der Waals surface area contributed by atoms with E-state index >= 15 is 0 Å². The predicted octanol–water partition coefficient (Wildman–Crippen LogP) is 1.92. The minimum atomic E-state index is -0.326. The minimum absolute atomic E-state index is 0.137. The van der Waals surface area contributed by atoms with Crippen LogP contribution in [0.4, 0.5) is 0 Å². The molecule has 0 aromatic carbocycles. The molecule has 0 aromatic heterocycles. The fourth-order valence-electron chi connectivity index (χ4n) is 0.414. The Morgan fingerprint density at radius 2 is 1.57 bits per heavy atom. The molecule has 84 valence electrons. The molecule has 0 saturated carbocycles. The summed E-state index contributed by atoms with van der Waals surface area (Å²) in [5, 5.41) is 0. The van der Waals surface area contributed by atoms with E-state index in [1.54, 1.807) is 6.92 Å². The maximum atomic E-state index is 10.6. The first-order valence-corrected chi connectivity index (χ1v) is 4.49. The zero-order valence-electron chi connectivity index (χ0n) is 9.84. The van der Waals surface area contributed by atoms with Gasteiger partial charge in [0.2, 0.25) is 0 Å². The SMILES string of the molecule is CCC(=O)OC(C)(C)C.COC(C)=O. The maximum Gasteiger partial charge on any atom is 0.306 e. The van der Waals surface area contributed by atoms with E-state index in [0.717, 1.165) is 0 Å². The van der Waals surface area contributed by atoms with Crippen molar-refractivity contribution < 1.29 is 19.1 Å². The zero-order chi connectivity index (χ0) is 11.8. The average Bonchev–Trinajstić information content (AvgIpc) is 2.02. The van der Waals surface area contributed by atoms with Crippen LogP contribution in [-0.2, 0) is 19.1 Å². The molecule has 4 nitrogen and oxygen atoms in total. The molecule has 0 bridgehead atoms. The first-order chi connectivity index (χ1) is 6.22. The molecule has 0 fully saturated rings. The van der Waals surface area contributed by atoms with Gasteiger partial charge in [-0.25, -0.2) is 0 Å². The van der Waals surface area contributed by atoms with Crippen LogP contribution in [-0.4, -0.2) is 24.6 Å². The van der Waals surface area contributed by atoms with Gasteiger partial charge in [-0.05, 0) is 20.8 Å². The fraction of sp³-hybridized carbons (Fsp3) is 0.800. The van der Waals surface area contributed by atoms with Crippen LogP contribution >= 0.6 is 0 Å². The smallest absolute Gasteiger partial charge is 0.306 e. The molecule has 0 amide bonds. The van der Waals surface area contributed by atoms with Gasteiger partial charge in [0.25, 0.3) is 0 Å². The molecular formula is C10H20O4. The second kappa shape index (κ2) is 7.35. The lowest BCUT2D eigenvalue weighted by Crippen LogP contribution is -2.23. The van der Waals surface area contributed by atoms with Crippen molar-refractivity contribution in [2.75, 3.05) is 7.11 Å². The Morgan fingerprint density at radius 1 is 1.21 bits per heavy atom. The Morgan fingerprint density at radius 3 is 1.64 bits per heavy atom. The number of esters is 2. The van der Waals surface area contributed by atoms with Gasteiger partial charge < -0.3 is 9.47 Å². The third kappa shape index (κ3) is 17.1. The van der Waals surface area contributed by atoms with Crippen molar-refractivity contribution in [1.82, 2.24) is 0 Å². The predicted molar refractivity (Wildman–Crippen MR) is 53.8 cm³/mol. The van der Waals surface area contributed by atoms with Gasteiger partial charge in [0.15, 0.2) is 0 Å². The summed E-state index contributed by atoms with van der Waals surface area (Å²) in [6, 6.07) is 0. The molecular weight excluding hydrogens is 184 g/mol. The number of hydrogen-bond donors (Lipinski definition) is 0. The van der Waals surface area contributed by atoms with Crippen molar-refractivity contribution in [3.8, 4) is 0 Å². The number of carbonyl (C=O) groups is 2. The summed E-state index contributed by atoms with van der Waals surface area (Å²) in [7, 11) is 1.35. The molecule has 0 unspecified atom stereocenters. The van der Waals surface area contributed by atoms with E-state index in [1.165, 1.54) is 14.0 Å². The lowest BCUT2D eigenvalue weighted by molar-refractivity contribution is -0.154. The third-order valence-electron chi connectivity index (χ3n) is 0.996. The molecule has 0 radical (unpaired) electrons. The first-order valence-electron chi connectivity index (χ1n) is 4.49. The second-order valence-corrected chi connectivity index (χ2v) is 3.64. The Balaban J connectivity index is 0. The van der Waals surface area contributed by atoms with Gasteiger partial charge in [-0.3, -0.25) is 9.59 Å². The molecule has 0 atom stereocenters.